The molecule has 3 fully saturated rings. The quantitative estimate of drug-likeness (QED) is 0.0628. The molecule has 390 valence electrons. The third kappa shape index (κ3) is 13.6. The first-order valence-corrected chi connectivity index (χ1v) is 25.3. The number of amides is 2. The molecule has 3 saturated heterocycles. The Hall–Kier alpha value is -3.84. The number of aromatic nitrogens is 2. The summed E-state index contributed by atoms with van der Waals surface area (Å²) in [6.07, 6.45) is -1.63. The van der Waals surface area contributed by atoms with Crippen LogP contribution < -0.4 is 11.1 Å². The predicted octanol–water partition coefficient (Wildman–Crippen LogP) is 5.96. The van der Waals surface area contributed by atoms with Gasteiger partial charge >= 0.3 is 5.97 Å². The second-order valence-corrected chi connectivity index (χ2v) is 21.5. The van der Waals surface area contributed by atoms with E-state index in [1.807, 2.05) is 53.6 Å². The van der Waals surface area contributed by atoms with E-state index < -0.39 is 99.0 Å². The number of alkyl halides is 2. The Kier molecular flexibility index (Phi) is 19.4. The summed E-state index contributed by atoms with van der Waals surface area (Å²) >= 11 is 1.73. The molecule has 0 radical (unpaired) electrons. The van der Waals surface area contributed by atoms with Gasteiger partial charge in [0.05, 0.1) is 36.2 Å². The Balaban J connectivity index is 1.57. The number of ether oxygens (including phenoxy) is 4. The van der Waals surface area contributed by atoms with Crippen LogP contribution in [0.25, 0.3) is 11.6 Å². The van der Waals surface area contributed by atoms with Crippen LogP contribution in [0.4, 0.5) is 10.2 Å². The molecule has 19 nitrogen and oxygen atoms in total. The van der Waals surface area contributed by atoms with E-state index in [2.05, 4.69) is 25.4 Å². The molecule has 14 atom stereocenters. The number of carbonyl (C=O) groups is 4. The summed E-state index contributed by atoms with van der Waals surface area (Å²) in [6, 6.07) is 3.86. The van der Waals surface area contributed by atoms with Crippen LogP contribution in [-0.4, -0.2) is 138 Å². The molecule has 3 aliphatic heterocycles. The number of Topliss-reactive ketones (excluding diaryl/α,β-unsaturated/α-hetero) is 1. The monoisotopic (exact) mass is 1100 g/mol. The molecular weight excluding hydrogens is 1020 g/mol. The molecule has 0 spiro atoms. The number of carbonyl (C=O) groups excluding carboxylic acids is 4. The number of fused-ring (bicyclic) bond motifs is 5. The van der Waals surface area contributed by atoms with E-state index in [9.17, 15) is 29.4 Å². The zero-order valence-electron chi connectivity index (χ0n) is 42.4. The fourth-order valence-corrected chi connectivity index (χ4v) is 10.4. The molecule has 2 amide bonds. The molecule has 5 rings (SSSR count). The van der Waals surface area contributed by atoms with Crippen LogP contribution in [0.2, 0.25) is 0 Å². The van der Waals surface area contributed by atoms with Gasteiger partial charge in [-0.05, 0) is 126 Å². The summed E-state index contributed by atoms with van der Waals surface area (Å²) in [5.41, 5.74) is 0.824. The summed E-state index contributed by atoms with van der Waals surface area (Å²) in [7, 11) is 3.63. The van der Waals surface area contributed by atoms with Crippen LogP contribution >= 0.6 is 22.6 Å². The van der Waals surface area contributed by atoms with E-state index in [4.69, 9.17) is 33.9 Å². The normalized spacial score (nSPS) is 35.5. The molecule has 5 N–H and O–H groups in total. The number of aliphatic imine (C=N–C) groups is 1. The van der Waals surface area contributed by atoms with E-state index in [-0.39, 0.29) is 62.4 Å². The Morgan fingerprint density at radius 3 is 2.47 bits per heavy atom. The lowest BCUT2D eigenvalue weighted by atomic mass is 9.70. The van der Waals surface area contributed by atoms with Gasteiger partial charge in [-0.25, -0.2) is 24.1 Å². The molecule has 2 bridgehead atoms. The van der Waals surface area contributed by atoms with Crippen molar-refractivity contribution >= 4 is 63.4 Å². The maximum absolute atomic E-state index is 16.9. The molecule has 3 aliphatic rings. The molecule has 21 heteroatoms. The highest BCUT2D eigenvalue weighted by molar-refractivity contribution is 14.1. The largest absolute Gasteiger partial charge is 0.446 e. The number of hydrogen-bond acceptors (Lipinski definition) is 17. The van der Waals surface area contributed by atoms with Gasteiger partial charge < -0.3 is 54.4 Å². The van der Waals surface area contributed by atoms with E-state index in [1.165, 1.54) is 20.1 Å². The molecule has 2 aromatic heterocycles. The van der Waals surface area contributed by atoms with Crippen LogP contribution in [0, 0.1) is 29.6 Å². The van der Waals surface area contributed by atoms with Gasteiger partial charge in [-0.2, -0.15) is 0 Å². The highest BCUT2D eigenvalue weighted by atomic mass is 127. The van der Waals surface area contributed by atoms with E-state index >= 15 is 4.39 Å². The van der Waals surface area contributed by atoms with Crippen molar-refractivity contribution < 1.29 is 62.0 Å². The zero-order valence-corrected chi connectivity index (χ0v) is 44.6. The summed E-state index contributed by atoms with van der Waals surface area (Å²) in [4.78, 5) is 75.7. The second kappa shape index (κ2) is 23.8. The van der Waals surface area contributed by atoms with Crippen LogP contribution in [0.15, 0.2) is 39.0 Å². The number of cyclic esters (lactones) is 1. The first-order chi connectivity index (χ1) is 32.7. The SMILES string of the molecule is CCC(=O)N=C1[C@H](C)C[C@@]2(C)OC/C(=N/OCc3coc(-c4cccc(NC(=O)[C@@H](N)CC(C)C)n4)n3)CC[C@H]([C@H]1C)[C@](C)(O)[C@@H](I)OC(=O)[C@@](C)(F)C(=O)[C@H](C)[C@H]2O[C@@H]1O[C@H](C)C[C@H](N(C)C)[C@H]1O. The summed E-state index contributed by atoms with van der Waals surface area (Å²) in [5, 5.41) is 31.4. The minimum Gasteiger partial charge on any atom is -0.446 e. The highest BCUT2D eigenvalue weighted by Gasteiger charge is 2.56. The average molecular weight is 1100 g/mol. The van der Waals surface area contributed by atoms with Crippen molar-refractivity contribution in [2.45, 2.75) is 172 Å². The number of ketones is 1. The number of pyridine rings is 1. The fraction of sp³-hybridized carbons (Fsp3) is 0.714. The van der Waals surface area contributed by atoms with Crippen molar-refractivity contribution in [1.29, 1.82) is 0 Å². The van der Waals surface area contributed by atoms with Crippen molar-refractivity contribution in [3.05, 3.63) is 30.2 Å². The van der Waals surface area contributed by atoms with Crippen molar-refractivity contribution in [2.75, 3.05) is 26.0 Å². The van der Waals surface area contributed by atoms with Crippen molar-refractivity contribution in [2.24, 2.45) is 45.5 Å². The minimum absolute atomic E-state index is 0.0143. The fourth-order valence-electron chi connectivity index (χ4n) is 9.71. The van der Waals surface area contributed by atoms with Gasteiger partial charge in [0.15, 0.2) is 22.8 Å². The number of nitrogens with zero attached hydrogens (tertiary/aromatic N) is 5. The molecule has 0 aromatic carbocycles. The lowest BCUT2D eigenvalue weighted by molar-refractivity contribution is -0.296. The summed E-state index contributed by atoms with van der Waals surface area (Å²) in [5.74, 6) is -6.34. The van der Waals surface area contributed by atoms with Gasteiger partial charge in [0.1, 0.15) is 35.2 Å². The number of oxazole rings is 1. The van der Waals surface area contributed by atoms with Gasteiger partial charge in [-0.1, -0.05) is 52.8 Å². The third-order valence-electron chi connectivity index (χ3n) is 13.7. The number of nitrogens with two attached hydrogens (primary N) is 1. The Labute approximate surface area is 423 Å². The molecule has 0 aliphatic carbocycles. The first-order valence-electron chi connectivity index (χ1n) is 24.1. The lowest BCUT2D eigenvalue weighted by Crippen LogP contribution is -2.61. The standard InChI is InChI=1S/C49H73FIN7O12/c1-13-37(59)56-38-26(4)21-47(8)41(69-44-39(60)35(58(11)12)20-27(5)68-44)29(7)40(61)48(9,50)46(63)70-45(51)49(10,64)32(28(38)6)18-17-30(23-66-47)57-67-24-31-22-65-43(53-31)34-15-14-16-36(54-34)55-42(62)33(52)19-25(2)3/h14-16,22,25-29,32-33,35,39,41,44-45,60,64H,13,17-21,23-24,52H2,1-12H3,(H,54,55,62)/b56-38?,57-30+/t26-,27-,28-,29+,32-,33+,35+,39-,41-,44+,45+,47-,48+,49+/m1/s1. The predicted molar refractivity (Wildman–Crippen MR) is 266 cm³/mol. The molecular formula is C49H73FIN7O12. The van der Waals surface area contributed by atoms with Gasteiger partial charge in [0.25, 0.3) is 5.67 Å². The number of aliphatic hydroxyl groups is 2. The van der Waals surface area contributed by atoms with Crippen molar-refractivity contribution in [3.8, 4) is 11.6 Å². The number of oxime groups is 1. The van der Waals surface area contributed by atoms with Crippen LogP contribution in [-0.2, 0) is 49.6 Å². The molecule has 0 saturated carbocycles. The van der Waals surface area contributed by atoms with Crippen LogP contribution in [0.1, 0.15) is 113 Å². The number of halogens is 2. The number of aliphatic hydroxyl groups excluding tert-OH is 1. The number of nitrogens with one attached hydrogen (secondary N) is 1. The molecule has 0 unspecified atom stereocenters. The maximum atomic E-state index is 16.9. The van der Waals surface area contributed by atoms with Crippen molar-refractivity contribution in [3.63, 3.8) is 0 Å². The van der Waals surface area contributed by atoms with E-state index in [1.54, 1.807) is 54.6 Å². The van der Waals surface area contributed by atoms with Crippen LogP contribution in [0.5, 0.6) is 0 Å². The molecule has 2 aromatic rings. The summed E-state index contributed by atoms with van der Waals surface area (Å²) in [6.45, 7) is 16.1. The summed E-state index contributed by atoms with van der Waals surface area (Å²) < 4.78 is 46.7. The first kappa shape index (κ1) is 57.1. The van der Waals surface area contributed by atoms with Gasteiger partial charge in [-0.15, -0.1) is 0 Å². The number of esters is 1. The van der Waals surface area contributed by atoms with Gasteiger partial charge in [-0.3, -0.25) is 14.4 Å². The van der Waals surface area contributed by atoms with Crippen LogP contribution in [0.3, 0.4) is 0 Å². The van der Waals surface area contributed by atoms with E-state index in [0.717, 1.165) is 6.92 Å². The average Bonchev–Trinajstić information content (AvgIpc) is 3.76. The van der Waals surface area contributed by atoms with Gasteiger partial charge in [0, 0.05) is 30.0 Å². The Bertz CT molecular complexity index is 2220. The third-order valence-corrected chi connectivity index (χ3v) is 15.2. The smallest absolute Gasteiger partial charge is 0.352 e. The highest BCUT2D eigenvalue weighted by Crippen LogP contribution is 2.44. The van der Waals surface area contributed by atoms with E-state index in [0.29, 0.717) is 35.7 Å². The molecule has 5 heterocycles. The second-order valence-electron chi connectivity index (χ2n) is 20.4. The van der Waals surface area contributed by atoms with Gasteiger partial charge in [0.2, 0.25) is 17.7 Å². The lowest BCUT2D eigenvalue weighted by Gasteiger charge is -2.47. The number of hydrogen-bond donors (Lipinski definition) is 4. The Morgan fingerprint density at radius 1 is 1.11 bits per heavy atom. The van der Waals surface area contributed by atoms with Crippen molar-refractivity contribution in [1.82, 2.24) is 14.9 Å². The number of likely N-dealkylation sites (N-methyl/N-ethyl adjacent to an activating group) is 1. The molecule has 70 heavy (non-hydrogen) atoms. The minimum atomic E-state index is -3.22. The zero-order chi connectivity index (χ0) is 52.0. The number of anilines is 1. The Morgan fingerprint density at radius 2 is 1.81 bits per heavy atom. The number of rotatable bonds is 12. The maximum Gasteiger partial charge on any atom is 0.352 e. The topological polar surface area (TPSA) is 260 Å².